The number of nitrogens with two attached hydrogens (primary N) is 1. The van der Waals surface area contributed by atoms with Gasteiger partial charge in [0.15, 0.2) is 35.2 Å². The third-order valence-electron chi connectivity index (χ3n) is 10.7. The van der Waals surface area contributed by atoms with E-state index in [1.54, 1.807) is 125 Å². The first-order chi connectivity index (χ1) is 42.5. The molecule has 0 spiro atoms. The number of nitrogens with one attached hydrogen (secondary N) is 4. The minimum absolute atomic E-state index is 0. The van der Waals surface area contributed by atoms with E-state index in [0.717, 1.165) is 28.3 Å². The minimum atomic E-state index is -0.488. The number of alkyl halides is 1. The third-order valence-corrected chi connectivity index (χ3v) is 11.9. The summed E-state index contributed by atoms with van der Waals surface area (Å²) in [5, 5.41) is 34.1. The molecule has 28 nitrogen and oxygen atoms in total. The maximum absolute atomic E-state index is 11.9. The fraction of sp³-hybridized carbons (Fsp3) is 0.293. The number of pyridine rings is 5. The van der Waals surface area contributed by atoms with Crippen LogP contribution in [0.4, 0.5) is 28.4 Å². The second-order valence-corrected chi connectivity index (χ2v) is 17.6. The van der Waals surface area contributed by atoms with Crippen molar-refractivity contribution >= 4 is 103 Å². The van der Waals surface area contributed by atoms with Crippen molar-refractivity contribution in [2.24, 2.45) is 10.5 Å². The van der Waals surface area contributed by atoms with Gasteiger partial charge >= 0.3 is 59.4 Å². The van der Waals surface area contributed by atoms with Crippen molar-refractivity contribution in [2.45, 2.75) is 41.2 Å². The number of halogens is 2. The molecule has 0 atom stereocenters. The van der Waals surface area contributed by atoms with E-state index < -0.39 is 10.9 Å². The molecule has 482 valence electrons. The van der Waals surface area contributed by atoms with Crippen LogP contribution in [0.25, 0.3) is 16.6 Å². The van der Waals surface area contributed by atoms with Crippen LogP contribution in [0.15, 0.2) is 162 Å². The summed E-state index contributed by atoms with van der Waals surface area (Å²) in [5.74, 6) is -1.58. The first-order valence-electron chi connectivity index (χ1n) is 26.7. The van der Waals surface area contributed by atoms with Crippen LogP contribution in [0.1, 0.15) is 66.1 Å². The van der Waals surface area contributed by atoms with E-state index >= 15 is 0 Å². The predicted octanol–water partition coefficient (Wildman–Crippen LogP) is 3.92. The van der Waals surface area contributed by atoms with E-state index in [1.807, 2.05) is 102 Å². The molecule has 0 amide bonds. The van der Waals surface area contributed by atoms with Gasteiger partial charge in [-0.25, -0.2) is 19.2 Å². The van der Waals surface area contributed by atoms with Gasteiger partial charge in [0.25, 0.3) is 6.20 Å². The number of nitrogen functional groups attached to an aromatic ring is 1. The number of thioether (sulfide) groups is 1. The van der Waals surface area contributed by atoms with E-state index in [-0.39, 0.29) is 94.9 Å². The van der Waals surface area contributed by atoms with Gasteiger partial charge in [-0.05, 0) is 101 Å². The fourth-order valence-electron chi connectivity index (χ4n) is 7.25. The Morgan fingerprint density at radius 3 is 1.52 bits per heavy atom. The van der Waals surface area contributed by atoms with Gasteiger partial charge in [0.1, 0.15) is 10.4 Å². The number of esters is 5. The van der Waals surface area contributed by atoms with Crippen LogP contribution < -0.4 is 78.1 Å². The van der Waals surface area contributed by atoms with Crippen molar-refractivity contribution in [1.82, 2.24) is 23.5 Å². The molecule has 0 saturated carbocycles. The Bertz CT molecular complexity index is 3420. The Morgan fingerprint density at radius 2 is 1.12 bits per heavy atom. The number of fused-ring (bicyclic) bond motifs is 3. The summed E-state index contributed by atoms with van der Waals surface area (Å²) in [6.45, 7) is 11.0. The average molecular weight is 1410 g/mol. The van der Waals surface area contributed by atoms with Gasteiger partial charge in [0, 0.05) is 76.8 Å². The molecular formula is C58H74Br2N13NaO15S. The van der Waals surface area contributed by atoms with E-state index in [9.17, 15) is 39.0 Å². The monoisotopic (exact) mass is 1410 g/mol. The second-order valence-electron chi connectivity index (χ2n) is 16.1. The number of nitro groups is 1. The summed E-state index contributed by atoms with van der Waals surface area (Å²) in [7, 11) is 6.80. The van der Waals surface area contributed by atoms with Gasteiger partial charge in [0.05, 0.1) is 71.7 Å². The molecule has 0 unspecified atom stereocenters. The van der Waals surface area contributed by atoms with Crippen molar-refractivity contribution in [3.05, 3.63) is 194 Å². The summed E-state index contributed by atoms with van der Waals surface area (Å²) in [6.07, 6.45) is 15.2. The molecule has 0 aliphatic rings. The zero-order valence-electron chi connectivity index (χ0n) is 51.7. The minimum Gasteiger partial charge on any atom is -1.00 e. The summed E-state index contributed by atoms with van der Waals surface area (Å²) < 4.78 is 31.3. The van der Waals surface area contributed by atoms with E-state index in [0.29, 0.717) is 70.8 Å². The Balaban J connectivity index is 0. The van der Waals surface area contributed by atoms with Gasteiger partial charge in [0.2, 0.25) is 6.54 Å². The number of hydrogen-bond donors (Lipinski definition) is 5. The summed E-state index contributed by atoms with van der Waals surface area (Å²) in [5.41, 5.74) is 12.1. The maximum Gasteiger partial charge on any atom is 1.00 e. The predicted molar refractivity (Wildman–Crippen MR) is 343 cm³/mol. The Labute approximate surface area is 565 Å². The molecule has 0 aromatic carbocycles. The normalized spacial score (nSPS) is 9.57. The topological polar surface area (TPSA) is 361 Å². The van der Waals surface area contributed by atoms with E-state index in [4.69, 9.17) is 34.8 Å². The van der Waals surface area contributed by atoms with Crippen LogP contribution in [-0.4, -0.2) is 126 Å². The summed E-state index contributed by atoms with van der Waals surface area (Å²) in [6, 6.07) is 29.9. The van der Waals surface area contributed by atoms with Crippen molar-refractivity contribution in [2.75, 3.05) is 94.5 Å². The van der Waals surface area contributed by atoms with Crippen LogP contribution in [0.5, 0.6) is 0 Å². The number of hydrogen-bond acceptors (Lipinski definition) is 24. The smallest absolute Gasteiger partial charge is 1.00 e. The van der Waals surface area contributed by atoms with Crippen molar-refractivity contribution in [3.63, 3.8) is 0 Å². The Kier molecular flexibility index (Phi) is 45.7. The van der Waals surface area contributed by atoms with Gasteiger partial charge in [-0.2, -0.15) is 4.57 Å². The van der Waals surface area contributed by atoms with Gasteiger partial charge < -0.3 is 91.0 Å². The molecule has 0 saturated heterocycles. The zero-order valence-corrected chi connectivity index (χ0v) is 57.7. The molecule has 8 heterocycles. The molecule has 0 radical (unpaired) electrons. The molecule has 8 aromatic rings. The number of aromatic nitrogens is 5. The van der Waals surface area contributed by atoms with Gasteiger partial charge in [-0.3, -0.25) is 19.9 Å². The number of ether oxygens (including phenoxy) is 5. The van der Waals surface area contributed by atoms with Crippen molar-refractivity contribution in [1.29, 1.82) is 0 Å². The summed E-state index contributed by atoms with van der Waals surface area (Å²) in [4.78, 5) is 88.8. The largest absolute Gasteiger partial charge is 1.00 e. The van der Waals surface area contributed by atoms with Crippen LogP contribution in [0.2, 0.25) is 0 Å². The summed E-state index contributed by atoms with van der Waals surface area (Å²) >= 11 is 4.25. The van der Waals surface area contributed by atoms with E-state index in [1.165, 1.54) is 11.8 Å². The van der Waals surface area contributed by atoms with Crippen molar-refractivity contribution < 1.29 is 104 Å². The number of rotatable bonds is 18. The molecule has 8 aromatic heterocycles. The molecule has 0 aliphatic carbocycles. The van der Waals surface area contributed by atoms with Crippen molar-refractivity contribution in [3.8, 4) is 0 Å². The maximum atomic E-state index is 11.9. The molecule has 32 heteroatoms. The van der Waals surface area contributed by atoms with Crippen LogP contribution in [0.3, 0.4) is 0 Å². The zero-order chi connectivity index (χ0) is 65.8. The number of nitrogens with zero attached hydrogens (tertiary/aromatic N) is 8. The Hall–Kier alpha value is -8.62. The number of carbonyl (C=O) groups excluding carboxylic acids is 5. The van der Waals surface area contributed by atoms with Gasteiger partial charge in [-0.15, -0.1) is 22.0 Å². The molecular weight excluding hydrogens is 1330 g/mol. The molecule has 8 rings (SSSR count). The third kappa shape index (κ3) is 28.3. The molecule has 6 N–H and O–H groups in total. The number of carbonyl (C=O) groups is 5. The van der Waals surface area contributed by atoms with Crippen LogP contribution >= 0.6 is 27.7 Å². The SMILES string of the molecule is CCOC(=O)CBr.CCOC(=O)C[n+]1ccccc1.CCOC(=O)c1c(NC)c(N)c2ccccn12.CCOC(=O)c1c(NC)c(N=O)c2ccccn12.CCOC(=O)c1c(NC)cc2ccccn12.CN/C(=C\[N+](=O)[O-])SC.O=N[O-].[Br-].[Na+].c1ccncc1. The number of anilines is 4. The molecule has 0 bridgehead atoms. The van der Waals surface area contributed by atoms with E-state index in [2.05, 4.69) is 52.1 Å². The van der Waals surface area contributed by atoms with Crippen LogP contribution in [0, 0.1) is 25.1 Å². The molecule has 0 fully saturated rings. The fourth-order valence-corrected chi connectivity index (χ4v) is 7.81. The average Bonchev–Trinajstić information content (AvgIpc) is 1.69. The number of nitroso groups, excluding NO2 is 1. The molecule has 0 aliphatic heterocycles. The Morgan fingerprint density at radius 1 is 0.667 bits per heavy atom. The molecule has 90 heavy (non-hydrogen) atoms. The van der Waals surface area contributed by atoms with Crippen LogP contribution in [-0.2, 0) is 39.8 Å². The quantitative estimate of drug-likeness (QED) is 0.0119. The van der Waals surface area contributed by atoms with Gasteiger partial charge in [-0.1, -0.05) is 46.3 Å². The standard InChI is InChI=1S/C12H13N3O3.C12H15N3O2.C12H14N2O2.C9H12NO2.C5H5N.C4H7BrO2.C4H8N2O2S.BrH.HNO2.Na/c1-3-18-12(16)11-10(13-2)9(14-17)8-6-4-5-7-15(8)11;1-3-17-12(16)11-10(14-2)9(13)8-6-4-5-7-15(8)11;1-3-16-12(15)11-10(13-2)8-9-6-4-5-7-14(9)11;1-2-12-9(11)8-10-6-4-3-5-7-10;1-2-4-6-5-3-1;1-2-7-4(6)3-5;1-5-4(9-2)3-6(7)8;;2-1-3;/h4-7,13H,3H2,1-2H3;4-7,14H,3,13H2,1-2H3;4-8,13H,3H2,1-2H3;3-7H,2,8H2,1H3;1-5H;2-3H2,1H3;3,5H,1-2H3;1H;(H,2,3);/q;;;+1;;;;;;+1/p-2/b;;;;;;4-3+;;;. The second kappa shape index (κ2) is 49.3. The first kappa shape index (κ1) is 83.4. The first-order valence-corrected chi connectivity index (χ1v) is 29.0.